The Morgan fingerprint density at radius 1 is 0.968 bits per heavy atom. The largest absolute Gasteiger partial charge is 0.454 e. The van der Waals surface area contributed by atoms with Gasteiger partial charge in [-0.25, -0.2) is 9.59 Å². The molecule has 0 saturated carbocycles. The van der Waals surface area contributed by atoms with Crippen molar-refractivity contribution in [3.05, 3.63) is 65.7 Å². The number of ether oxygens (including phenoxy) is 2. The molecule has 2 rings (SSSR count). The van der Waals surface area contributed by atoms with Crippen molar-refractivity contribution in [1.29, 1.82) is 5.26 Å². The van der Waals surface area contributed by atoms with Crippen molar-refractivity contribution >= 4 is 23.7 Å². The van der Waals surface area contributed by atoms with Crippen LogP contribution in [0.4, 0.5) is 10.5 Å². The average Bonchev–Trinajstić information content (AvgIpc) is 2.76. The molecule has 0 aliphatic rings. The molecular formula is C23H25N3O5. The zero-order chi connectivity index (χ0) is 22.6. The minimum absolute atomic E-state index is 0.0715. The summed E-state index contributed by atoms with van der Waals surface area (Å²) in [5, 5.41) is 13.8. The van der Waals surface area contributed by atoms with Crippen LogP contribution in [0, 0.1) is 17.2 Å². The smallest absolute Gasteiger partial charge is 0.408 e. The molecule has 0 aliphatic heterocycles. The zero-order valence-electron chi connectivity index (χ0n) is 17.5. The first-order valence-corrected chi connectivity index (χ1v) is 9.78. The van der Waals surface area contributed by atoms with Crippen molar-refractivity contribution in [3.63, 3.8) is 0 Å². The van der Waals surface area contributed by atoms with Crippen molar-refractivity contribution in [1.82, 2.24) is 5.32 Å². The van der Waals surface area contributed by atoms with Gasteiger partial charge in [0.15, 0.2) is 6.61 Å². The Morgan fingerprint density at radius 2 is 1.65 bits per heavy atom. The summed E-state index contributed by atoms with van der Waals surface area (Å²) in [5.41, 5.74) is 2.17. The normalized spacial score (nSPS) is 11.2. The number of amides is 2. The Hall–Kier alpha value is -3.86. The molecule has 0 saturated heterocycles. The van der Waals surface area contributed by atoms with Gasteiger partial charge in [0.25, 0.3) is 5.91 Å². The molecule has 8 nitrogen and oxygen atoms in total. The lowest BCUT2D eigenvalue weighted by Crippen LogP contribution is -2.46. The second kappa shape index (κ2) is 12.0. The lowest BCUT2D eigenvalue weighted by atomic mass is 10.1. The van der Waals surface area contributed by atoms with Crippen LogP contribution in [0.15, 0.2) is 54.6 Å². The maximum absolute atomic E-state index is 12.4. The number of esters is 1. The van der Waals surface area contributed by atoms with Gasteiger partial charge in [-0.2, -0.15) is 5.26 Å². The number of carbonyl (C=O) groups excluding carboxylic acids is 3. The second-order valence-corrected chi connectivity index (χ2v) is 7.12. The van der Waals surface area contributed by atoms with Crippen LogP contribution in [0.2, 0.25) is 0 Å². The van der Waals surface area contributed by atoms with Crippen molar-refractivity contribution in [2.24, 2.45) is 5.92 Å². The van der Waals surface area contributed by atoms with E-state index < -0.39 is 30.6 Å². The zero-order valence-corrected chi connectivity index (χ0v) is 17.5. The van der Waals surface area contributed by atoms with Crippen LogP contribution >= 0.6 is 0 Å². The highest BCUT2D eigenvalue weighted by atomic mass is 16.6. The quantitative estimate of drug-likeness (QED) is 0.598. The number of nitrogens with zero attached hydrogens (tertiary/aromatic N) is 1. The molecule has 162 valence electrons. The van der Waals surface area contributed by atoms with Gasteiger partial charge in [-0.3, -0.25) is 4.79 Å². The van der Waals surface area contributed by atoms with Gasteiger partial charge in [0.2, 0.25) is 0 Å². The molecule has 0 radical (unpaired) electrons. The van der Waals surface area contributed by atoms with Gasteiger partial charge in [-0.05, 0) is 29.2 Å². The minimum Gasteiger partial charge on any atom is -0.454 e. The molecule has 2 aromatic rings. The van der Waals surface area contributed by atoms with E-state index in [2.05, 4.69) is 10.6 Å². The SMILES string of the molecule is CC(C)[C@H](NC(=O)OCc1ccccc1)C(=O)OCC(=O)Nc1ccc(CC#N)cc1. The predicted molar refractivity (Wildman–Crippen MR) is 114 cm³/mol. The fourth-order valence-electron chi connectivity index (χ4n) is 2.61. The lowest BCUT2D eigenvalue weighted by Gasteiger charge is -2.20. The number of nitrogens with one attached hydrogen (secondary N) is 2. The molecule has 0 heterocycles. The van der Waals surface area contributed by atoms with Crippen LogP contribution in [0.3, 0.4) is 0 Å². The lowest BCUT2D eigenvalue weighted by molar-refractivity contribution is -0.150. The summed E-state index contributed by atoms with van der Waals surface area (Å²) in [6.07, 6.45) is -0.468. The van der Waals surface area contributed by atoms with Crippen molar-refractivity contribution in [2.75, 3.05) is 11.9 Å². The van der Waals surface area contributed by atoms with Crippen LogP contribution in [0.1, 0.15) is 25.0 Å². The summed E-state index contributed by atoms with van der Waals surface area (Å²) in [4.78, 5) is 36.5. The van der Waals surface area contributed by atoms with E-state index in [9.17, 15) is 14.4 Å². The highest BCUT2D eigenvalue weighted by Crippen LogP contribution is 2.10. The van der Waals surface area contributed by atoms with Crippen LogP contribution in [-0.4, -0.2) is 30.6 Å². The van der Waals surface area contributed by atoms with Crippen molar-refractivity contribution < 1.29 is 23.9 Å². The molecule has 0 bridgehead atoms. The topological polar surface area (TPSA) is 118 Å². The number of nitriles is 1. The summed E-state index contributed by atoms with van der Waals surface area (Å²) in [6.45, 7) is 3.06. The molecule has 0 unspecified atom stereocenters. The van der Waals surface area contributed by atoms with E-state index in [0.29, 0.717) is 5.69 Å². The molecule has 2 amide bonds. The fraction of sp³-hybridized carbons (Fsp3) is 0.304. The fourth-order valence-corrected chi connectivity index (χ4v) is 2.61. The third-order valence-electron chi connectivity index (χ3n) is 4.27. The molecule has 0 spiro atoms. The maximum Gasteiger partial charge on any atom is 0.408 e. The Kier molecular flexibility index (Phi) is 9.05. The van der Waals surface area contributed by atoms with Crippen LogP contribution in [0.25, 0.3) is 0 Å². The van der Waals surface area contributed by atoms with E-state index in [-0.39, 0.29) is 18.9 Å². The van der Waals surface area contributed by atoms with E-state index in [4.69, 9.17) is 14.7 Å². The standard InChI is InChI=1S/C23H25N3O5/c1-16(2)21(26-23(29)31-14-18-6-4-3-5-7-18)22(28)30-15-20(27)25-19-10-8-17(9-11-19)12-13-24/h3-11,16,21H,12,14-15H2,1-2H3,(H,25,27)(H,26,29)/t21-/m0/s1. The van der Waals surface area contributed by atoms with Crippen LogP contribution < -0.4 is 10.6 Å². The highest BCUT2D eigenvalue weighted by Gasteiger charge is 2.27. The molecule has 0 aromatic heterocycles. The number of anilines is 1. The third-order valence-corrected chi connectivity index (χ3v) is 4.27. The van der Waals surface area contributed by atoms with Gasteiger partial charge in [0.05, 0.1) is 12.5 Å². The predicted octanol–water partition coefficient (Wildman–Crippen LogP) is 3.19. The number of benzene rings is 2. The molecular weight excluding hydrogens is 398 g/mol. The van der Waals surface area contributed by atoms with Crippen molar-refractivity contribution in [2.45, 2.75) is 32.9 Å². The van der Waals surface area contributed by atoms with E-state index in [0.717, 1.165) is 11.1 Å². The van der Waals surface area contributed by atoms with Gasteiger partial charge >= 0.3 is 12.1 Å². The summed E-state index contributed by atoms with van der Waals surface area (Å²) in [6, 6.07) is 17.0. The third kappa shape index (κ3) is 8.19. The Labute approximate surface area is 181 Å². The van der Waals surface area contributed by atoms with Gasteiger partial charge in [0.1, 0.15) is 12.6 Å². The van der Waals surface area contributed by atoms with E-state index in [1.165, 1.54) is 0 Å². The van der Waals surface area contributed by atoms with Gasteiger partial charge in [0, 0.05) is 5.69 Å². The molecule has 1 atom stereocenters. The highest BCUT2D eigenvalue weighted by molar-refractivity contribution is 5.93. The summed E-state index contributed by atoms with van der Waals surface area (Å²) >= 11 is 0. The first-order chi connectivity index (χ1) is 14.9. The molecule has 2 N–H and O–H groups in total. The van der Waals surface area contributed by atoms with Gasteiger partial charge in [-0.1, -0.05) is 56.3 Å². The maximum atomic E-state index is 12.4. The Bertz CT molecular complexity index is 920. The summed E-state index contributed by atoms with van der Waals surface area (Å²) in [7, 11) is 0. The van der Waals surface area contributed by atoms with Gasteiger partial charge in [-0.15, -0.1) is 0 Å². The number of alkyl carbamates (subject to hydrolysis) is 1. The molecule has 0 fully saturated rings. The monoisotopic (exact) mass is 423 g/mol. The van der Waals surface area contributed by atoms with E-state index in [1.54, 1.807) is 38.1 Å². The van der Waals surface area contributed by atoms with Gasteiger partial charge < -0.3 is 20.1 Å². The average molecular weight is 423 g/mol. The Balaban J connectivity index is 1.80. The number of carbonyl (C=O) groups is 3. The number of hydrogen-bond donors (Lipinski definition) is 2. The van der Waals surface area contributed by atoms with Crippen LogP contribution in [0.5, 0.6) is 0 Å². The van der Waals surface area contributed by atoms with E-state index >= 15 is 0 Å². The molecule has 2 aromatic carbocycles. The summed E-state index contributed by atoms with van der Waals surface area (Å²) in [5.74, 6) is -1.52. The first kappa shape index (κ1) is 23.4. The first-order valence-electron chi connectivity index (χ1n) is 9.78. The van der Waals surface area contributed by atoms with Crippen molar-refractivity contribution in [3.8, 4) is 6.07 Å². The number of hydrogen-bond acceptors (Lipinski definition) is 6. The van der Waals surface area contributed by atoms with E-state index in [1.807, 2.05) is 36.4 Å². The number of rotatable bonds is 9. The minimum atomic E-state index is -0.957. The second-order valence-electron chi connectivity index (χ2n) is 7.12. The molecule has 8 heteroatoms. The molecule has 31 heavy (non-hydrogen) atoms. The summed E-state index contributed by atoms with van der Waals surface area (Å²) < 4.78 is 10.2. The Morgan fingerprint density at radius 3 is 2.26 bits per heavy atom. The molecule has 0 aliphatic carbocycles. The van der Waals surface area contributed by atoms with Crippen LogP contribution in [-0.2, 0) is 32.1 Å².